The molecule has 1 atom stereocenters. The van der Waals surface area contributed by atoms with Gasteiger partial charge in [0.1, 0.15) is 6.04 Å². The summed E-state index contributed by atoms with van der Waals surface area (Å²) in [5.74, 6) is -1.00. The molecule has 3 rings (SSSR count). The molecular formula is C23H26N2O3. The van der Waals surface area contributed by atoms with Gasteiger partial charge in [0.05, 0.1) is 11.1 Å². The third kappa shape index (κ3) is 3.57. The van der Waals surface area contributed by atoms with Gasteiger partial charge in [-0.25, -0.2) is 0 Å². The van der Waals surface area contributed by atoms with Crippen molar-refractivity contribution in [3.63, 3.8) is 0 Å². The molecule has 1 aliphatic heterocycles. The predicted molar refractivity (Wildman–Crippen MR) is 109 cm³/mol. The Bertz CT molecular complexity index is 904. The van der Waals surface area contributed by atoms with Crippen molar-refractivity contribution in [1.82, 2.24) is 4.90 Å². The highest BCUT2D eigenvalue weighted by Gasteiger charge is 2.42. The van der Waals surface area contributed by atoms with E-state index in [0.29, 0.717) is 17.5 Å². The molecule has 0 saturated heterocycles. The summed E-state index contributed by atoms with van der Waals surface area (Å²) in [6, 6.07) is 9.87. The summed E-state index contributed by atoms with van der Waals surface area (Å²) < 4.78 is 0. The number of hydrogen-bond donors (Lipinski definition) is 1. The van der Waals surface area contributed by atoms with Gasteiger partial charge in [0.25, 0.3) is 11.8 Å². The Kier molecular flexibility index (Phi) is 5.36. The highest BCUT2D eigenvalue weighted by molar-refractivity contribution is 6.23. The number of fused-ring (bicyclic) bond motifs is 1. The molecule has 1 N–H and O–H groups in total. The minimum atomic E-state index is -0.854. The second-order valence-corrected chi connectivity index (χ2v) is 7.93. The normalized spacial score (nSPS) is 14.4. The number of aryl methyl sites for hydroxylation is 3. The van der Waals surface area contributed by atoms with Gasteiger partial charge in [-0.2, -0.15) is 0 Å². The number of amides is 3. The summed E-state index contributed by atoms with van der Waals surface area (Å²) in [5.41, 5.74) is 4.48. The van der Waals surface area contributed by atoms with Crippen molar-refractivity contribution < 1.29 is 14.4 Å². The predicted octanol–water partition coefficient (Wildman–Crippen LogP) is 4.26. The smallest absolute Gasteiger partial charge is 0.262 e. The van der Waals surface area contributed by atoms with Gasteiger partial charge < -0.3 is 5.32 Å². The van der Waals surface area contributed by atoms with Gasteiger partial charge in [-0.1, -0.05) is 43.7 Å². The highest BCUT2D eigenvalue weighted by Crippen LogP contribution is 2.29. The molecule has 0 spiro atoms. The van der Waals surface area contributed by atoms with Crippen LogP contribution in [-0.4, -0.2) is 28.7 Å². The molecular weight excluding hydrogens is 352 g/mol. The van der Waals surface area contributed by atoms with Crippen LogP contribution in [0.1, 0.15) is 57.7 Å². The van der Waals surface area contributed by atoms with Gasteiger partial charge in [-0.15, -0.1) is 0 Å². The number of carbonyl (C=O) groups is 3. The summed E-state index contributed by atoms with van der Waals surface area (Å²) >= 11 is 0. The van der Waals surface area contributed by atoms with Crippen LogP contribution in [0.2, 0.25) is 0 Å². The molecule has 0 radical (unpaired) electrons. The molecule has 3 amide bonds. The Morgan fingerprint density at radius 1 is 0.964 bits per heavy atom. The first-order chi connectivity index (χ1) is 13.2. The van der Waals surface area contributed by atoms with E-state index < -0.39 is 17.9 Å². The van der Waals surface area contributed by atoms with E-state index in [4.69, 9.17) is 0 Å². The number of benzene rings is 2. The van der Waals surface area contributed by atoms with Gasteiger partial charge in [0, 0.05) is 5.69 Å². The van der Waals surface area contributed by atoms with Gasteiger partial charge >= 0.3 is 0 Å². The zero-order valence-electron chi connectivity index (χ0n) is 17.0. The first-order valence-electron chi connectivity index (χ1n) is 9.56. The monoisotopic (exact) mass is 378 g/mol. The number of imide groups is 1. The van der Waals surface area contributed by atoms with Crippen LogP contribution in [0.4, 0.5) is 5.69 Å². The minimum Gasteiger partial charge on any atom is -0.324 e. The van der Waals surface area contributed by atoms with Crippen LogP contribution >= 0.6 is 0 Å². The summed E-state index contributed by atoms with van der Waals surface area (Å²) in [7, 11) is 0. The Labute approximate surface area is 165 Å². The van der Waals surface area contributed by atoms with E-state index in [-0.39, 0.29) is 11.8 Å². The molecule has 5 heteroatoms. The van der Waals surface area contributed by atoms with Gasteiger partial charge in [-0.3, -0.25) is 19.3 Å². The Hall–Kier alpha value is -2.95. The van der Waals surface area contributed by atoms with Crippen LogP contribution in [0.15, 0.2) is 36.4 Å². The molecule has 0 saturated carbocycles. The number of rotatable bonds is 5. The topological polar surface area (TPSA) is 66.5 Å². The summed E-state index contributed by atoms with van der Waals surface area (Å²) in [4.78, 5) is 40.1. The summed E-state index contributed by atoms with van der Waals surface area (Å²) in [6.45, 7) is 9.83. The molecule has 146 valence electrons. The minimum absolute atomic E-state index is 0.139. The van der Waals surface area contributed by atoms with Crippen molar-refractivity contribution in [2.75, 3.05) is 5.32 Å². The first-order valence-corrected chi connectivity index (χ1v) is 9.56. The molecule has 1 heterocycles. The Balaban J connectivity index is 1.95. The van der Waals surface area contributed by atoms with E-state index in [9.17, 15) is 14.4 Å². The lowest BCUT2D eigenvalue weighted by molar-refractivity contribution is -0.120. The largest absolute Gasteiger partial charge is 0.324 e. The maximum Gasteiger partial charge on any atom is 0.262 e. The molecule has 0 aliphatic carbocycles. The standard InChI is InChI=1S/C23H26N2O3/c1-13(2)10-19(21(26)24-20-15(4)11-14(3)12-16(20)5)25-22(27)17-8-6-7-9-18(17)23(25)28/h6-9,11-13,19H,10H2,1-5H3,(H,24,26). The molecule has 5 nitrogen and oxygen atoms in total. The lowest BCUT2D eigenvalue weighted by atomic mass is 10.00. The molecule has 0 bridgehead atoms. The van der Waals surface area contributed by atoms with Crippen molar-refractivity contribution in [2.45, 2.75) is 47.1 Å². The number of carbonyl (C=O) groups excluding carboxylic acids is 3. The van der Waals surface area contributed by atoms with E-state index in [0.717, 1.165) is 27.3 Å². The second-order valence-electron chi connectivity index (χ2n) is 7.93. The zero-order chi connectivity index (χ0) is 20.6. The first kappa shape index (κ1) is 19.8. The molecule has 1 aliphatic rings. The van der Waals surface area contributed by atoms with Crippen LogP contribution in [0.25, 0.3) is 0 Å². The number of nitrogens with one attached hydrogen (secondary N) is 1. The Morgan fingerprint density at radius 3 is 1.93 bits per heavy atom. The lowest BCUT2D eigenvalue weighted by Gasteiger charge is -2.27. The highest BCUT2D eigenvalue weighted by atomic mass is 16.2. The zero-order valence-corrected chi connectivity index (χ0v) is 17.0. The molecule has 28 heavy (non-hydrogen) atoms. The average molecular weight is 378 g/mol. The third-order valence-electron chi connectivity index (χ3n) is 5.06. The van der Waals surface area contributed by atoms with Crippen molar-refractivity contribution in [3.05, 3.63) is 64.2 Å². The maximum absolute atomic E-state index is 13.2. The lowest BCUT2D eigenvalue weighted by Crippen LogP contribution is -2.48. The van der Waals surface area contributed by atoms with E-state index in [2.05, 4.69) is 5.32 Å². The van der Waals surface area contributed by atoms with Crippen molar-refractivity contribution in [1.29, 1.82) is 0 Å². The molecule has 0 aromatic heterocycles. The fourth-order valence-electron chi connectivity index (χ4n) is 3.85. The maximum atomic E-state index is 13.2. The molecule has 0 fully saturated rings. The molecule has 2 aromatic carbocycles. The van der Waals surface area contributed by atoms with E-state index >= 15 is 0 Å². The fourth-order valence-corrected chi connectivity index (χ4v) is 3.85. The second kappa shape index (κ2) is 7.58. The summed E-state index contributed by atoms with van der Waals surface area (Å²) in [6.07, 6.45) is 0.404. The van der Waals surface area contributed by atoms with Crippen LogP contribution in [0, 0.1) is 26.7 Å². The molecule has 1 unspecified atom stereocenters. The number of nitrogens with zero attached hydrogens (tertiary/aromatic N) is 1. The van der Waals surface area contributed by atoms with Crippen molar-refractivity contribution in [3.8, 4) is 0 Å². The van der Waals surface area contributed by atoms with E-state index in [1.54, 1.807) is 24.3 Å². The van der Waals surface area contributed by atoms with E-state index in [1.165, 1.54) is 0 Å². The number of hydrogen-bond acceptors (Lipinski definition) is 3. The average Bonchev–Trinajstić information content (AvgIpc) is 2.87. The molecule has 2 aromatic rings. The van der Waals surface area contributed by atoms with Crippen LogP contribution in [0.5, 0.6) is 0 Å². The van der Waals surface area contributed by atoms with Gasteiger partial charge in [0.2, 0.25) is 5.91 Å². The van der Waals surface area contributed by atoms with Crippen molar-refractivity contribution in [2.24, 2.45) is 5.92 Å². The Morgan fingerprint density at radius 2 is 1.46 bits per heavy atom. The van der Waals surface area contributed by atoms with Crippen LogP contribution in [-0.2, 0) is 4.79 Å². The van der Waals surface area contributed by atoms with Crippen LogP contribution < -0.4 is 5.32 Å². The quantitative estimate of drug-likeness (QED) is 0.791. The third-order valence-corrected chi connectivity index (χ3v) is 5.06. The van der Waals surface area contributed by atoms with E-state index in [1.807, 2.05) is 46.8 Å². The number of anilines is 1. The van der Waals surface area contributed by atoms with Gasteiger partial charge in [-0.05, 0) is 56.4 Å². The fraction of sp³-hybridized carbons (Fsp3) is 0.348. The van der Waals surface area contributed by atoms with Crippen molar-refractivity contribution >= 4 is 23.4 Å². The SMILES string of the molecule is Cc1cc(C)c(NC(=O)C(CC(C)C)N2C(=O)c3ccccc3C2=O)c(C)c1. The van der Waals surface area contributed by atoms with Gasteiger partial charge in [0.15, 0.2) is 0 Å². The summed E-state index contributed by atoms with van der Waals surface area (Å²) in [5, 5.41) is 2.97. The van der Waals surface area contributed by atoms with Crippen LogP contribution in [0.3, 0.4) is 0 Å².